The van der Waals surface area contributed by atoms with Crippen LogP contribution in [0.2, 0.25) is 0 Å². The van der Waals surface area contributed by atoms with Gasteiger partial charge in [-0.2, -0.15) is 0 Å². The van der Waals surface area contributed by atoms with Crippen molar-refractivity contribution in [1.29, 1.82) is 0 Å². The van der Waals surface area contributed by atoms with E-state index in [0.29, 0.717) is 17.4 Å². The van der Waals surface area contributed by atoms with Crippen molar-refractivity contribution in [2.75, 3.05) is 0 Å². The molecular weight excluding hydrogens is 434 g/mol. The third-order valence-electron chi connectivity index (χ3n) is 5.93. The lowest BCUT2D eigenvalue weighted by Crippen LogP contribution is -2.41. The van der Waals surface area contributed by atoms with E-state index >= 15 is 0 Å². The van der Waals surface area contributed by atoms with Crippen LogP contribution in [0, 0.1) is 11.6 Å². The number of halogens is 2. The Bertz CT molecular complexity index is 1530. The molecule has 1 atom stereocenters. The Balaban J connectivity index is 1.62. The molecule has 0 aliphatic carbocycles. The van der Waals surface area contributed by atoms with Crippen LogP contribution >= 0.6 is 0 Å². The normalized spacial score (nSPS) is 18.5. The van der Waals surface area contributed by atoms with Gasteiger partial charge in [0.2, 0.25) is 5.78 Å². The molecule has 0 spiro atoms. The molecule has 2 aromatic heterocycles. The van der Waals surface area contributed by atoms with E-state index in [-0.39, 0.29) is 29.3 Å². The van der Waals surface area contributed by atoms with Gasteiger partial charge in [0.05, 0.1) is 17.4 Å². The van der Waals surface area contributed by atoms with Gasteiger partial charge in [0, 0.05) is 12.1 Å². The van der Waals surface area contributed by atoms with Gasteiger partial charge in [0.1, 0.15) is 17.2 Å². The van der Waals surface area contributed by atoms with Gasteiger partial charge < -0.3 is 5.32 Å². The number of para-hydroxylation sites is 1. The Morgan fingerprint density at radius 3 is 2.58 bits per heavy atom. The number of hydrogen-bond donors (Lipinski definition) is 1. The topological polar surface area (TPSA) is 102 Å². The van der Waals surface area contributed by atoms with Gasteiger partial charge in [-0.15, -0.1) is 10.2 Å². The summed E-state index contributed by atoms with van der Waals surface area (Å²) in [5, 5.41) is 11.1. The summed E-state index contributed by atoms with van der Waals surface area (Å²) in [4.78, 5) is 39.7. The molecule has 9 nitrogen and oxygen atoms in total. The highest BCUT2D eigenvalue weighted by Crippen LogP contribution is 2.32. The fraction of sp³-hybridized carbons (Fsp3) is 0.227. The van der Waals surface area contributed by atoms with Gasteiger partial charge in [-0.3, -0.25) is 23.5 Å². The number of aromatic nitrogens is 4. The summed E-state index contributed by atoms with van der Waals surface area (Å²) in [6.07, 6.45) is 0. The molecule has 4 aromatic rings. The molecule has 1 fully saturated rings. The minimum absolute atomic E-state index is 0.232. The summed E-state index contributed by atoms with van der Waals surface area (Å²) in [5.41, 5.74) is -1.78. The second kappa shape index (κ2) is 7.19. The van der Waals surface area contributed by atoms with Crippen molar-refractivity contribution in [3.8, 4) is 0 Å². The molecule has 168 valence electrons. The summed E-state index contributed by atoms with van der Waals surface area (Å²) in [6, 6.07) is 8.81. The van der Waals surface area contributed by atoms with E-state index in [1.165, 1.54) is 11.5 Å². The Hall–Kier alpha value is -4.15. The van der Waals surface area contributed by atoms with E-state index in [1.54, 1.807) is 35.6 Å². The zero-order chi connectivity index (χ0) is 23.5. The Labute approximate surface area is 185 Å². The molecule has 1 aliphatic rings. The van der Waals surface area contributed by atoms with Crippen molar-refractivity contribution < 1.29 is 18.4 Å². The second-order valence-corrected chi connectivity index (χ2v) is 7.89. The number of amides is 3. The van der Waals surface area contributed by atoms with Crippen molar-refractivity contribution in [1.82, 2.24) is 29.4 Å². The highest BCUT2D eigenvalue weighted by molar-refractivity contribution is 6.07. The van der Waals surface area contributed by atoms with Crippen LogP contribution in [0.3, 0.4) is 0 Å². The fourth-order valence-corrected chi connectivity index (χ4v) is 4.25. The zero-order valence-electron chi connectivity index (χ0n) is 17.7. The molecule has 5 rings (SSSR count). The van der Waals surface area contributed by atoms with E-state index in [0.717, 1.165) is 23.1 Å². The molecule has 11 heteroatoms. The van der Waals surface area contributed by atoms with Gasteiger partial charge in [-0.25, -0.2) is 13.6 Å². The molecule has 1 unspecified atom stereocenters. The smallest absolute Gasteiger partial charge is 0.319 e. The number of aryl methyl sites for hydroxylation is 1. The van der Waals surface area contributed by atoms with Crippen LogP contribution in [0.4, 0.5) is 13.6 Å². The first-order valence-corrected chi connectivity index (χ1v) is 10.2. The number of imide groups is 1. The van der Waals surface area contributed by atoms with Gasteiger partial charge in [-0.05, 0) is 44.2 Å². The van der Waals surface area contributed by atoms with Crippen LogP contribution in [0.15, 0.2) is 47.3 Å². The fourth-order valence-electron chi connectivity index (χ4n) is 4.25. The highest BCUT2D eigenvalue weighted by Gasteiger charge is 2.50. The quantitative estimate of drug-likeness (QED) is 0.479. The van der Waals surface area contributed by atoms with E-state index in [4.69, 9.17) is 0 Å². The lowest BCUT2D eigenvalue weighted by atomic mass is 9.91. The largest absolute Gasteiger partial charge is 0.325 e. The number of hydrogen-bond acceptors (Lipinski definition) is 5. The molecule has 1 aliphatic heterocycles. The predicted octanol–water partition coefficient (Wildman–Crippen LogP) is 2.31. The first kappa shape index (κ1) is 20.7. The van der Waals surface area contributed by atoms with Crippen LogP contribution in [-0.2, 0) is 23.4 Å². The minimum atomic E-state index is -1.79. The van der Waals surface area contributed by atoms with E-state index in [1.807, 2.05) is 0 Å². The second-order valence-electron chi connectivity index (χ2n) is 7.89. The number of urea groups is 1. The average Bonchev–Trinajstić information content (AvgIpc) is 3.31. The first-order chi connectivity index (χ1) is 15.8. The molecule has 1 saturated heterocycles. The monoisotopic (exact) mass is 452 g/mol. The summed E-state index contributed by atoms with van der Waals surface area (Å²) in [7, 11) is 0. The van der Waals surface area contributed by atoms with Crippen LogP contribution in [0.25, 0.3) is 16.7 Å². The average molecular weight is 452 g/mol. The molecular formula is C22H18F2N6O3. The maximum absolute atomic E-state index is 14.4. The van der Waals surface area contributed by atoms with Crippen molar-refractivity contribution in [2.45, 2.75) is 32.5 Å². The van der Waals surface area contributed by atoms with Crippen LogP contribution in [0.1, 0.15) is 25.2 Å². The minimum Gasteiger partial charge on any atom is -0.319 e. The summed E-state index contributed by atoms with van der Waals surface area (Å²) in [5.74, 6) is -1.82. The number of nitrogens with zero attached hydrogens (tertiary/aromatic N) is 5. The van der Waals surface area contributed by atoms with Crippen LogP contribution in [0.5, 0.6) is 0 Å². The van der Waals surface area contributed by atoms with Crippen molar-refractivity contribution >= 4 is 28.6 Å². The summed E-state index contributed by atoms with van der Waals surface area (Å²) >= 11 is 0. The van der Waals surface area contributed by atoms with Crippen molar-refractivity contribution in [3.05, 3.63) is 75.8 Å². The lowest BCUT2D eigenvalue weighted by Gasteiger charge is -2.22. The molecule has 1 N–H and O–H groups in total. The molecule has 0 saturated carbocycles. The van der Waals surface area contributed by atoms with E-state index < -0.39 is 29.1 Å². The van der Waals surface area contributed by atoms with Gasteiger partial charge in [0.25, 0.3) is 11.5 Å². The Morgan fingerprint density at radius 2 is 1.82 bits per heavy atom. The number of rotatable bonds is 4. The van der Waals surface area contributed by atoms with Crippen molar-refractivity contribution in [3.63, 3.8) is 0 Å². The molecule has 0 radical (unpaired) electrons. The zero-order valence-corrected chi connectivity index (χ0v) is 17.7. The van der Waals surface area contributed by atoms with E-state index in [9.17, 15) is 23.2 Å². The number of fused-ring (bicyclic) bond motifs is 3. The summed E-state index contributed by atoms with van der Waals surface area (Å²) in [6.45, 7) is 3.16. The third-order valence-corrected chi connectivity index (χ3v) is 5.93. The molecule has 33 heavy (non-hydrogen) atoms. The van der Waals surface area contributed by atoms with Crippen LogP contribution in [-0.4, -0.2) is 36.0 Å². The molecule has 3 amide bonds. The Kier molecular flexibility index (Phi) is 4.52. The maximum atomic E-state index is 14.4. The summed E-state index contributed by atoms with van der Waals surface area (Å²) < 4.78 is 31.3. The van der Waals surface area contributed by atoms with Gasteiger partial charge >= 0.3 is 6.03 Å². The Morgan fingerprint density at radius 1 is 1.06 bits per heavy atom. The third kappa shape index (κ3) is 2.92. The number of benzene rings is 2. The van der Waals surface area contributed by atoms with Gasteiger partial charge in [0.15, 0.2) is 5.82 Å². The van der Waals surface area contributed by atoms with Gasteiger partial charge in [-0.1, -0.05) is 12.1 Å². The molecule has 3 heterocycles. The maximum Gasteiger partial charge on any atom is 0.325 e. The van der Waals surface area contributed by atoms with E-state index in [2.05, 4.69) is 15.5 Å². The SMILES string of the molecule is CCn1c(=O)c2ccccc2n2c(CN3C(=O)NC(C)(c4cc(F)ccc4F)C3=O)nnc12. The van der Waals surface area contributed by atoms with Crippen LogP contribution < -0.4 is 10.9 Å². The number of carbonyl (C=O) groups is 2. The highest BCUT2D eigenvalue weighted by atomic mass is 19.1. The standard InChI is InChI=1S/C22H18F2N6O3/c1-3-28-18(31)13-6-4-5-7-16(13)30-17(26-27-20(28)30)11-29-19(32)22(2,25-21(29)33)14-10-12(23)8-9-15(14)24/h4-10H,3,11H2,1-2H3,(H,25,33). The lowest BCUT2D eigenvalue weighted by molar-refractivity contribution is -0.131. The number of nitrogens with one attached hydrogen (secondary N) is 1. The molecule has 0 bridgehead atoms. The number of carbonyl (C=O) groups excluding carboxylic acids is 2. The first-order valence-electron chi connectivity index (χ1n) is 10.2. The van der Waals surface area contributed by atoms with Crippen molar-refractivity contribution in [2.24, 2.45) is 0 Å². The molecule has 2 aromatic carbocycles. The predicted molar refractivity (Wildman–Crippen MR) is 113 cm³/mol.